The number of carbonyl (C=O) groups excluding carboxylic acids is 1. The van der Waals surface area contributed by atoms with Gasteiger partial charge in [0.05, 0.1) is 21.8 Å². The molecule has 0 unspecified atom stereocenters. The number of carbonyl (C=O) groups is 1. The van der Waals surface area contributed by atoms with Crippen molar-refractivity contribution in [3.8, 4) is 0 Å². The van der Waals surface area contributed by atoms with Crippen LogP contribution < -0.4 is 5.32 Å². The Morgan fingerprint density at radius 2 is 1.76 bits per heavy atom. The lowest BCUT2D eigenvalue weighted by molar-refractivity contribution is -0.117. The normalized spacial score (nSPS) is 16.3. The summed E-state index contributed by atoms with van der Waals surface area (Å²) in [7, 11) is 0. The lowest BCUT2D eigenvalue weighted by atomic mass is 9.89. The van der Waals surface area contributed by atoms with E-state index in [9.17, 15) is 18.0 Å². The van der Waals surface area contributed by atoms with Crippen LogP contribution in [0.4, 0.5) is 13.2 Å². The van der Waals surface area contributed by atoms with Crippen LogP contribution in [-0.2, 0) is 4.79 Å². The maximum Gasteiger partial charge on any atom is 0.419 e. The first-order chi connectivity index (χ1) is 16.9. The van der Waals surface area contributed by atoms with Crippen LogP contribution in [0.2, 0.25) is 0 Å². The van der Waals surface area contributed by atoms with Gasteiger partial charge in [0, 0.05) is 6.54 Å². The van der Waals surface area contributed by atoms with Crippen LogP contribution >= 0.6 is 36.6 Å². The number of rotatable bonds is 7. The van der Waals surface area contributed by atoms with Crippen LogP contribution in [-0.4, -0.2) is 52.5 Å². The Balaban J connectivity index is 0.00000190. The van der Waals surface area contributed by atoms with Gasteiger partial charge in [-0.25, -0.2) is 4.98 Å². The molecule has 4 heterocycles. The Morgan fingerprint density at radius 3 is 2.46 bits per heavy atom. The number of hydrogen-bond donors (Lipinski definition) is 1. The van der Waals surface area contributed by atoms with Crippen molar-refractivity contribution < 1.29 is 18.0 Å². The number of unbranched alkanes of at least 4 members (excludes halogenated alkanes) is 1. The highest BCUT2D eigenvalue weighted by atomic mass is 35.5. The summed E-state index contributed by atoms with van der Waals surface area (Å²) in [6.07, 6.45) is 0.411. The second-order valence-corrected chi connectivity index (χ2v) is 10.0. The van der Waals surface area contributed by atoms with Gasteiger partial charge in [0.2, 0.25) is 0 Å². The van der Waals surface area contributed by atoms with Gasteiger partial charge in [0.25, 0.3) is 5.91 Å². The largest absolute Gasteiger partial charge is 0.419 e. The number of nitrogens with zero attached hydrogens (tertiary/aromatic N) is 3. The van der Waals surface area contributed by atoms with Crippen LogP contribution in [0.3, 0.4) is 0 Å². The number of amides is 1. The van der Waals surface area contributed by atoms with E-state index in [0.29, 0.717) is 23.1 Å². The van der Waals surface area contributed by atoms with Crippen molar-refractivity contribution in [2.75, 3.05) is 26.2 Å². The van der Waals surface area contributed by atoms with Gasteiger partial charge in [-0.3, -0.25) is 9.20 Å². The van der Waals surface area contributed by atoms with Crippen LogP contribution in [0.15, 0.2) is 64.7 Å². The molecule has 200 valence electrons. The number of piperidine rings is 1. The van der Waals surface area contributed by atoms with Crippen molar-refractivity contribution in [1.82, 2.24) is 19.6 Å². The summed E-state index contributed by atoms with van der Waals surface area (Å²) in [6.45, 7) is 3.37. The molecule has 5 nitrogen and oxygen atoms in total. The fraction of sp³-hybridized carbons (Fsp3) is 0.385. The molecule has 0 spiro atoms. The maximum atomic E-state index is 13.9. The molecule has 0 atom stereocenters. The lowest BCUT2D eigenvalue weighted by Crippen LogP contribution is -2.34. The monoisotopic (exact) mass is 572 g/mol. The molecule has 11 heteroatoms. The van der Waals surface area contributed by atoms with Crippen molar-refractivity contribution in [3.63, 3.8) is 0 Å². The Hall–Kier alpha value is -2.20. The zero-order valence-corrected chi connectivity index (χ0v) is 22.5. The minimum Gasteiger partial charge on any atom is -0.352 e. The third-order valence-electron chi connectivity index (χ3n) is 6.72. The smallest absolute Gasteiger partial charge is 0.352 e. The van der Waals surface area contributed by atoms with E-state index in [2.05, 4.69) is 39.5 Å². The fourth-order valence-corrected chi connectivity index (χ4v) is 6.05. The van der Waals surface area contributed by atoms with E-state index in [1.54, 1.807) is 18.2 Å². The van der Waals surface area contributed by atoms with Gasteiger partial charge in [-0.1, -0.05) is 48.2 Å². The number of hydrogen-bond acceptors (Lipinski definition) is 4. The van der Waals surface area contributed by atoms with Gasteiger partial charge >= 0.3 is 6.18 Å². The molecule has 2 aromatic heterocycles. The summed E-state index contributed by atoms with van der Waals surface area (Å²) in [5.41, 5.74) is 0.819. The van der Waals surface area contributed by atoms with E-state index in [1.807, 2.05) is 6.07 Å². The van der Waals surface area contributed by atoms with Gasteiger partial charge in [0.1, 0.15) is 11.2 Å². The van der Waals surface area contributed by atoms with E-state index in [-0.39, 0.29) is 35.4 Å². The number of imidazole rings is 1. The molecule has 3 aromatic rings. The summed E-state index contributed by atoms with van der Waals surface area (Å²) in [5.74, 6) is -0.0755. The maximum absolute atomic E-state index is 13.9. The number of pyridine rings is 1. The predicted octanol–water partition coefficient (Wildman–Crippen LogP) is 6.33. The van der Waals surface area contributed by atoms with E-state index >= 15 is 0 Å². The second kappa shape index (κ2) is 12.6. The molecule has 2 aliphatic rings. The average Bonchev–Trinajstić information content (AvgIpc) is 3.29. The molecule has 2 aliphatic heterocycles. The Bertz CT molecular complexity index is 1240. The molecule has 0 radical (unpaired) electrons. The molecule has 0 bridgehead atoms. The van der Waals surface area contributed by atoms with Crippen LogP contribution in [0, 0.1) is 0 Å². The molecule has 1 fully saturated rings. The first-order valence-electron chi connectivity index (χ1n) is 11.9. The molecule has 1 N–H and O–H groups in total. The highest BCUT2D eigenvalue weighted by Crippen LogP contribution is 2.46. The van der Waals surface area contributed by atoms with Gasteiger partial charge in [-0.15, -0.1) is 24.8 Å². The number of aromatic nitrogens is 2. The standard InChI is InChI=1S/C26H27F3N4OS.2ClH/c27-26(28,29)23-20-17-31-21-9-6-10-22(33(20)21)35-24(23)25(34)30-13-4-5-14-32-15-11-19(12-16-32)18-7-2-1-3-8-18;;/h1-3,6-10,17,19H,4-5,11-16H2,(H,30,34);2*1H. The molecular formula is C26H29Cl2F3N4OS. The second-order valence-electron chi connectivity index (χ2n) is 8.99. The van der Waals surface area contributed by atoms with Crippen LogP contribution in [0.1, 0.15) is 42.9 Å². The number of likely N-dealkylation sites (tertiary alicyclic amines) is 1. The zero-order chi connectivity index (χ0) is 24.4. The highest BCUT2D eigenvalue weighted by molar-refractivity contribution is 8.04. The number of halogens is 5. The minimum absolute atomic E-state index is 0. The molecule has 1 aromatic carbocycles. The fourth-order valence-electron chi connectivity index (χ4n) is 4.93. The van der Waals surface area contributed by atoms with Crippen LogP contribution in [0.5, 0.6) is 0 Å². The zero-order valence-electron chi connectivity index (χ0n) is 20.0. The molecule has 0 saturated carbocycles. The number of nitrogens with one attached hydrogen (secondary N) is 1. The predicted molar refractivity (Wildman–Crippen MR) is 146 cm³/mol. The minimum atomic E-state index is -4.66. The summed E-state index contributed by atoms with van der Waals surface area (Å²) in [5, 5.41) is 3.26. The van der Waals surface area contributed by atoms with Crippen molar-refractivity contribution in [3.05, 3.63) is 70.9 Å². The van der Waals surface area contributed by atoms with Crippen molar-refractivity contribution >= 4 is 53.7 Å². The summed E-state index contributed by atoms with van der Waals surface area (Å²) >= 11 is 0.844. The molecule has 1 saturated heterocycles. The molecule has 0 aliphatic carbocycles. The van der Waals surface area contributed by atoms with Crippen molar-refractivity contribution in [2.45, 2.75) is 42.8 Å². The third-order valence-corrected chi connectivity index (χ3v) is 7.84. The Kier molecular flexibility index (Phi) is 9.97. The Labute approximate surface area is 230 Å². The molecule has 37 heavy (non-hydrogen) atoms. The third kappa shape index (κ3) is 6.45. The molecule has 5 rings (SSSR count). The first-order valence-corrected chi connectivity index (χ1v) is 12.7. The molecule has 1 amide bonds. The van der Waals surface area contributed by atoms with Gasteiger partial charge in [0.15, 0.2) is 0 Å². The van der Waals surface area contributed by atoms with Crippen molar-refractivity contribution in [1.29, 1.82) is 0 Å². The van der Waals surface area contributed by atoms with E-state index in [0.717, 1.165) is 57.1 Å². The molecular weight excluding hydrogens is 544 g/mol. The highest BCUT2D eigenvalue weighted by Gasteiger charge is 2.43. The van der Waals surface area contributed by atoms with Gasteiger partial charge in [-0.2, -0.15) is 13.2 Å². The van der Waals surface area contributed by atoms with Gasteiger partial charge < -0.3 is 10.2 Å². The SMILES string of the molecule is Cl.Cl.O=C(NCCCCN1CCC(c2ccccc2)CC1)C1=C(C(F)(F)F)c2cnc3cccc(n23)S1. The summed E-state index contributed by atoms with van der Waals surface area (Å²) in [4.78, 5) is 19.0. The lowest BCUT2D eigenvalue weighted by Gasteiger charge is -2.32. The summed E-state index contributed by atoms with van der Waals surface area (Å²) in [6, 6.07) is 15.7. The summed E-state index contributed by atoms with van der Waals surface area (Å²) < 4.78 is 43.3. The Morgan fingerprint density at radius 1 is 1.03 bits per heavy atom. The topological polar surface area (TPSA) is 49.6 Å². The van der Waals surface area contributed by atoms with Crippen LogP contribution in [0.25, 0.3) is 11.2 Å². The quantitative estimate of drug-likeness (QED) is 0.336. The van der Waals surface area contributed by atoms with E-state index < -0.39 is 17.7 Å². The van der Waals surface area contributed by atoms with Gasteiger partial charge in [-0.05, 0) is 68.9 Å². The van der Waals surface area contributed by atoms with Crippen molar-refractivity contribution in [2.24, 2.45) is 0 Å². The van der Waals surface area contributed by atoms with E-state index in [4.69, 9.17) is 0 Å². The number of alkyl halides is 3. The average molecular weight is 574 g/mol. The number of thioether (sulfide) groups is 1. The van der Waals surface area contributed by atoms with E-state index in [1.165, 1.54) is 16.2 Å². The number of allylic oxidation sites excluding steroid dienone is 1. The number of benzene rings is 1. The first kappa shape index (κ1) is 29.4.